The molecule has 3 aliphatic rings. The first kappa shape index (κ1) is 16.0. The number of ether oxygens (including phenoxy) is 1. The van der Waals surface area contributed by atoms with Crippen LogP contribution in [0.5, 0.6) is 0 Å². The van der Waals surface area contributed by atoms with Crippen LogP contribution in [0.15, 0.2) is 0 Å². The van der Waals surface area contributed by atoms with E-state index in [9.17, 15) is 0 Å². The molecule has 1 aliphatic carbocycles. The Morgan fingerprint density at radius 1 is 1.14 bits per heavy atom. The number of alkyl halides is 1. The fourth-order valence-corrected chi connectivity index (χ4v) is 3.99. The van der Waals surface area contributed by atoms with Crippen LogP contribution in [0.4, 0.5) is 0 Å². The molecule has 0 radical (unpaired) electrons. The Hall–Kier alpha value is 0.0900. The number of hydrogen-bond acceptors (Lipinski definition) is 5. The van der Waals surface area contributed by atoms with Crippen molar-refractivity contribution in [1.82, 2.24) is 21.3 Å². The molecule has 122 valence electrons. The van der Waals surface area contributed by atoms with E-state index in [4.69, 9.17) is 16.3 Å². The molecule has 3 fully saturated rings. The summed E-state index contributed by atoms with van der Waals surface area (Å²) < 4.78 is 5.94. The molecular formula is C15H29ClN4O. The number of nitrogens with one attached hydrogen (secondary N) is 4. The summed E-state index contributed by atoms with van der Waals surface area (Å²) in [4.78, 5) is 0. The summed E-state index contributed by atoms with van der Waals surface area (Å²) >= 11 is 6.12. The topological polar surface area (TPSA) is 57.3 Å². The normalized spacial score (nSPS) is 44.9. The molecule has 0 spiro atoms. The minimum atomic E-state index is 0.0899. The van der Waals surface area contributed by atoms with Crippen LogP contribution in [-0.2, 0) is 4.74 Å². The van der Waals surface area contributed by atoms with Gasteiger partial charge in [-0.3, -0.25) is 16.0 Å². The number of rotatable bonds is 4. The Kier molecular flexibility index (Phi) is 5.76. The first-order valence-corrected chi connectivity index (χ1v) is 8.87. The Balaban J connectivity index is 1.34. The molecule has 0 aromatic carbocycles. The summed E-state index contributed by atoms with van der Waals surface area (Å²) in [5, 5.41) is 13.7. The second kappa shape index (κ2) is 7.57. The molecule has 0 aromatic rings. The molecule has 4 atom stereocenters. The van der Waals surface area contributed by atoms with Gasteiger partial charge >= 0.3 is 0 Å². The van der Waals surface area contributed by atoms with Crippen molar-refractivity contribution in [3.63, 3.8) is 0 Å². The second-order valence-electron chi connectivity index (χ2n) is 6.81. The lowest BCUT2D eigenvalue weighted by Crippen LogP contribution is -2.55. The third kappa shape index (κ3) is 4.53. The van der Waals surface area contributed by atoms with Crippen molar-refractivity contribution in [2.75, 3.05) is 19.8 Å². The average Bonchev–Trinajstić information content (AvgIpc) is 2.92. The largest absolute Gasteiger partial charge is 0.359 e. The van der Waals surface area contributed by atoms with Gasteiger partial charge in [-0.05, 0) is 51.0 Å². The van der Waals surface area contributed by atoms with Gasteiger partial charge in [0.1, 0.15) is 6.23 Å². The molecule has 0 aromatic heterocycles. The Morgan fingerprint density at radius 3 is 2.62 bits per heavy atom. The Labute approximate surface area is 132 Å². The smallest absolute Gasteiger partial charge is 0.111 e. The van der Waals surface area contributed by atoms with Gasteiger partial charge in [0.05, 0.1) is 17.8 Å². The van der Waals surface area contributed by atoms with Crippen LogP contribution in [-0.4, -0.2) is 43.8 Å². The van der Waals surface area contributed by atoms with Crippen molar-refractivity contribution in [2.24, 2.45) is 11.8 Å². The van der Waals surface area contributed by atoms with E-state index in [0.717, 1.165) is 32.1 Å². The molecule has 5 nitrogen and oxygen atoms in total. The zero-order chi connectivity index (χ0) is 14.7. The molecule has 1 saturated carbocycles. The van der Waals surface area contributed by atoms with Crippen LogP contribution in [0.1, 0.15) is 39.0 Å². The maximum Gasteiger partial charge on any atom is 0.111 e. The van der Waals surface area contributed by atoms with Crippen molar-refractivity contribution in [1.29, 1.82) is 0 Å². The fourth-order valence-electron chi connectivity index (χ4n) is 3.73. The molecule has 0 bridgehead atoms. The van der Waals surface area contributed by atoms with E-state index in [1.807, 2.05) is 0 Å². The standard InChI is InChI=1S/C15H29ClN4O/c1-10-7-18-15(21-10)12-4-2-11(3-5-12)8-17-14-6-13(16)19-9-20-14/h10-15,17-20H,2-9H2,1H3. The van der Waals surface area contributed by atoms with E-state index in [-0.39, 0.29) is 5.50 Å². The molecule has 2 heterocycles. The molecule has 2 saturated heterocycles. The van der Waals surface area contributed by atoms with Crippen LogP contribution in [0.2, 0.25) is 0 Å². The predicted molar refractivity (Wildman–Crippen MR) is 85.0 cm³/mol. The van der Waals surface area contributed by atoms with Crippen molar-refractivity contribution in [2.45, 2.75) is 63.0 Å². The van der Waals surface area contributed by atoms with Crippen LogP contribution < -0.4 is 21.3 Å². The molecule has 4 N–H and O–H groups in total. The Bertz CT molecular complexity index is 325. The van der Waals surface area contributed by atoms with Crippen molar-refractivity contribution in [3.8, 4) is 0 Å². The summed E-state index contributed by atoms with van der Waals surface area (Å²) in [6.07, 6.45) is 7.16. The lowest BCUT2D eigenvalue weighted by atomic mass is 9.81. The van der Waals surface area contributed by atoms with Crippen molar-refractivity contribution in [3.05, 3.63) is 0 Å². The first-order valence-electron chi connectivity index (χ1n) is 8.44. The van der Waals surface area contributed by atoms with Crippen LogP contribution in [0, 0.1) is 11.8 Å². The van der Waals surface area contributed by atoms with Gasteiger partial charge in [0.25, 0.3) is 0 Å². The van der Waals surface area contributed by atoms with E-state index >= 15 is 0 Å². The molecule has 3 rings (SSSR count). The molecule has 6 heteroatoms. The summed E-state index contributed by atoms with van der Waals surface area (Å²) in [6.45, 7) is 5.05. The van der Waals surface area contributed by atoms with Crippen molar-refractivity contribution >= 4 is 11.6 Å². The van der Waals surface area contributed by atoms with E-state index < -0.39 is 0 Å². The zero-order valence-corrected chi connectivity index (χ0v) is 13.7. The summed E-state index contributed by atoms with van der Waals surface area (Å²) in [5.74, 6) is 1.50. The van der Waals surface area contributed by atoms with Crippen LogP contribution >= 0.6 is 11.6 Å². The molecule has 4 unspecified atom stereocenters. The minimum Gasteiger partial charge on any atom is -0.359 e. The van der Waals surface area contributed by atoms with Gasteiger partial charge in [0.2, 0.25) is 0 Å². The maximum atomic E-state index is 6.12. The van der Waals surface area contributed by atoms with Crippen molar-refractivity contribution < 1.29 is 4.74 Å². The number of hydrogen-bond donors (Lipinski definition) is 4. The first-order chi connectivity index (χ1) is 10.2. The van der Waals surface area contributed by atoms with Gasteiger partial charge < -0.3 is 10.1 Å². The SMILES string of the molecule is CC1CNC(C2CCC(CNC3CC(Cl)NCN3)CC2)O1. The lowest BCUT2D eigenvalue weighted by Gasteiger charge is -2.34. The second-order valence-corrected chi connectivity index (χ2v) is 7.33. The highest BCUT2D eigenvalue weighted by atomic mass is 35.5. The van der Waals surface area contributed by atoms with Crippen LogP contribution in [0.25, 0.3) is 0 Å². The quantitative estimate of drug-likeness (QED) is 0.463. The van der Waals surface area contributed by atoms with Gasteiger partial charge in [0, 0.05) is 19.6 Å². The summed E-state index contributed by atoms with van der Waals surface area (Å²) in [6, 6.07) is 0. The molecule has 0 amide bonds. The predicted octanol–water partition coefficient (Wildman–Crippen LogP) is 1.15. The van der Waals surface area contributed by atoms with Gasteiger partial charge in [-0.2, -0.15) is 0 Å². The van der Waals surface area contributed by atoms with Gasteiger partial charge in [-0.25, -0.2) is 0 Å². The summed E-state index contributed by atoms with van der Waals surface area (Å²) in [5.41, 5.74) is 0.0899. The van der Waals surface area contributed by atoms with E-state index in [1.165, 1.54) is 25.7 Å². The minimum absolute atomic E-state index is 0.0899. The van der Waals surface area contributed by atoms with E-state index in [0.29, 0.717) is 24.4 Å². The zero-order valence-electron chi connectivity index (χ0n) is 12.9. The van der Waals surface area contributed by atoms with Gasteiger partial charge in [0.15, 0.2) is 0 Å². The number of halogens is 1. The molecular weight excluding hydrogens is 288 g/mol. The monoisotopic (exact) mass is 316 g/mol. The van der Waals surface area contributed by atoms with E-state index in [2.05, 4.69) is 28.2 Å². The van der Waals surface area contributed by atoms with E-state index in [1.54, 1.807) is 0 Å². The maximum absolute atomic E-state index is 6.12. The molecule has 21 heavy (non-hydrogen) atoms. The summed E-state index contributed by atoms with van der Waals surface area (Å²) in [7, 11) is 0. The third-order valence-corrected chi connectivity index (χ3v) is 5.41. The average molecular weight is 317 g/mol. The van der Waals surface area contributed by atoms with Gasteiger partial charge in [-0.1, -0.05) is 0 Å². The fraction of sp³-hybridized carbons (Fsp3) is 1.00. The van der Waals surface area contributed by atoms with Gasteiger partial charge in [-0.15, -0.1) is 11.6 Å². The molecule has 2 aliphatic heterocycles. The highest BCUT2D eigenvalue weighted by Crippen LogP contribution is 2.32. The third-order valence-electron chi connectivity index (χ3n) is 5.07. The highest BCUT2D eigenvalue weighted by Gasteiger charge is 2.32. The highest BCUT2D eigenvalue weighted by molar-refractivity contribution is 6.20. The van der Waals surface area contributed by atoms with Crippen LogP contribution in [0.3, 0.4) is 0 Å². The lowest BCUT2D eigenvalue weighted by molar-refractivity contribution is -0.00330. The Morgan fingerprint density at radius 2 is 1.95 bits per heavy atom.